The smallest absolute Gasteiger partial charge is 0.279 e. The van der Waals surface area contributed by atoms with Gasteiger partial charge >= 0.3 is 0 Å². The van der Waals surface area contributed by atoms with E-state index in [0.717, 1.165) is 5.56 Å². The molecule has 0 heterocycles. The number of hydrogen-bond acceptors (Lipinski definition) is 4. The van der Waals surface area contributed by atoms with Crippen LogP contribution in [-0.2, 0) is 4.79 Å². The van der Waals surface area contributed by atoms with Crippen molar-refractivity contribution < 1.29 is 14.8 Å². The minimum absolute atomic E-state index is 0.0990. The van der Waals surface area contributed by atoms with E-state index in [0.29, 0.717) is 11.9 Å². The lowest BCUT2D eigenvalue weighted by molar-refractivity contribution is -0.446. The number of rotatable bonds is 4. The molecule has 0 saturated heterocycles. The summed E-state index contributed by atoms with van der Waals surface area (Å²) in [5.74, 6) is -0.923. The van der Waals surface area contributed by atoms with Crippen molar-refractivity contribution in [3.8, 4) is 0 Å². The summed E-state index contributed by atoms with van der Waals surface area (Å²) < 4.78 is 0. The van der Waals surface area contributed by atoms with Crippen molar-refractivity contribution in [3.63, 3.8) is 0 Å². The minimum Gasteiger partial charge on any atom is -0.378 e. The predicted octanol–water partition coefficient (Wildman–Crippen LogP) is 2.20. The molecule has 5 nitrogen and oxygen atoms in total. The molecule has 1 aliphatic rings. The van der Waals surface area contributed by atoms with E-state index in [1.165, 1.54) is 6.08 Å². The molecule has 0 saturated carbocycles. The normalized spacial score (nSPS) is 25.6. The van der Waals surface area contributed by atoms with E-state index in [4.69, 9.17) is 0 Å². The number of aliphatic hydroxyl groups is 1. The van der Waals surface area contributed by atoms with Crippen LogP contribution in [0, 0.1) is 16.0 Å². The summed E-state index contributed by atoms with van der Waals surface area (Å²) in [6.07, 6.45) is 3.59. The molecular formula is C15H15NO4. The first kappa shape index (κ1) is 14.1. The molecule has 1 aromatic rings. The summed E-state index contributed by atoms with van der Waals surface area (Å²) in [7, 11) is 0. The van der Waals surface area contributed by atoms with Gasteiger partial charge < -0.3 is 9.90 Å². The van der Waals surface area contributed by atoms with Gasteiger partial charge in [-0.15, -0.1) is 0 Å². The summed E-state index contributed by atoms with van der Waals surface area (Å²) in [6, 6.07) is 9.07. The molecule has 0 aliphatic heterocycles. The van der Waals surface area contributed by atoms with Crippen LogP contribution >= 0.6 is 0 Å². The molecule has 0 bridgehead atoms. The number of hydrogen-bond donors (Lipinski definition) is 1. The van der Waals surface area contributed by atoms with Crippen LogP contribution in [0.15, 0.2) is 48.2 Å². The van der Waals surface area contributed by atoms with Crippen molar-refractivity contribution >= 4 is 11.9 Å². The lowest BCUT2D eigenvalue weighted by atomic mass is 9.77. The highest BCUT2D eigenvalue weighted by Crippen LogP contribution is 2.38. The molecule has 0 spiro atoms. The Labute approximate surface area is 116 Å². The van der Waals surface area contributed by atoms with Crippen LogP contribution in [0.3, 0.4) is 0 Å². The van der Waals surface area contributed by atoms with E-state index in [1.54, 1.807) is 25.1 Å². The zero-order valence-electron chi connectivity index (χ0n) is 11.0. The molecule has 2 atom stereocenters. The highest BCUT2D eigenvalue weighted by Gasteiger charge is 2.47. The Hall–Kier alpha value is -2.27. The fourth-order valence-electron chi connectivity index (χ4n) is 2.41. The number of nitro groups is 1. The number of allylic oxidation sites excluding steroid dienone is 2. The van der Waals surface area contributed by atoms with Gasteiger partial charge in [0.1, 0.15) is 6.29 Å². The molecule has 0 fully saturated rings. The van der Waals surface area contributed by atoms with Gasteiger partial charge in [0.05, 0.1) is 10.8 Å². The predicted molar refractivity (Wildman–Crippen MR) is 74.3 cm³/mol. The van der Waals surface area contributed by atoms with Gasteiger partial charge in [0.2, 0.25) is 0 Å². The van der Waals surface area contributed by atoms with Crippen molar-refractivity contribution in [2.45, 2.75) is 18.9 Å². The Kier molecular flexibility index (Phi) is 3.81. The zero-order chi connectivity index (χ0) is 14.8. The van der Waals surface area contributed by atoms with E-state index in [2.05, 4.69) is 0 Å². The van der Waals surface area contributed by atoms with Crippen LogP contribution in [0.2, 0.25) is 0 Å². The summed E-state index contributed by atoms with van der Waals surface area (Å²) in [5, 5.41) is 21.7. The highest BCUT2D eigenvalue weighted by molar-refractivity contribution is 5.80. The zero-order valence-corrected chi connectivity index (χ0v) is 11.0. The van der Waals surface area contributed by atoms with Gasteiger partial charge in [-0.05, 0) is 17.6 Å². The second kappa shape index (κ2) is 5.38. The molecular weight excluding hydrogens is 258 g/mol. The topological polar surface area (TPSA) is 80.4 Å². The standard InChI is InChI=1S/C15H15NO4/c1-2-15(18)13(10-17)8-12(9-14(15)16(19)20)11-6-4-3-5-7-11/h3-10,13,18H,2H2,1H3. The Balaban J connectivity index is 2.57. The third-order valence-electron chi connectivity index (χ3n) is 3.64. The average Bonchev–Trinajstić information content (AvgIpc) is 2.47. The summed E-state index contributed by atoms with van der Waals surface area (Å²) >= 11 is 0. The number of benzene rings is 1. The first-order chi connectivity index (χ1) is 9.52. The van der Waals surface area contributed by atoms with Gasteiger partial charge in [0.15, 0.2) is 5.60 Å². The Morgan fingerprint density at radius 3 is 2.55 bits per heavy atom. The van der Waals surface area contributed by atoms with Crippen LogP contribution in [-0.4, -0.2) is 21.9 Å². The minimum atomic E-state index is -1.75. The van der Waals surface area contributed by atoms with Crippen LogP contribution in [0.25, 0.3) is 5.57 Å². The second-order valence-corrected chi connectivity index (χ2v) is 4.71. The van der Waals surface area contributed by atoms with Crippen molar-refractivity contribution in [1.29, 1.82) is 0 Å². The number of nitrogens with zero attached hydrogens (tertiary/aromatic N) is 1. The molecule has 2 rings (SSSR count). The largest absolute Gasteiger partial charge is 0.378 e. The molecule has 0 radical (unpaired) electrons. The van der Waals surface area contributed by atoms with E-state index >= 15 is 0 Å². The molecule has 2 unspecified atom stereocenters. The van der Waals surface area contributed by atoms with Crippen molar-refractivity contribution in [1.82, 2.24) is 0 Å². The monoisotopic (exact) mass is 273 g/mol. The molecule has 5 heteroatoms. The van der Waals surface area contributed by atoms with Gasteiger partial charge in [-0.1, -0.05) is 43.3 Å². The quantitative estimate of drug-likeness (QED) is 0.518. The first-order valence-electron chi connectivity index (χ1n) is 6.34. The maximum Gasteiger partial charge on any atom is 0.279 e. The van der Waals surface area contributed by atoms with Crippen molar-refractivity contribution in [2.75, 3.05) is 0 Å². The number of aldehydes is 1. The number of carbonyl (C=O) groups excluding carboxylic acids is 1. The molecule has 1 aliphatic carbocycles. The van der Waals surface area contributed by atoms with E-state index in [9.17, 15) is 20.0 Å². The molecule has 1 N–H and O–H groups in total. The van der Waals surface area contributed by atoms with Crippen molar-refractivity contribution in [2.24, 2.45) is 5.92 Å². The summed E-state index contributed by atoms with van der Waals surface area (Å²) in [4.78, 5) is 21.8. The molecule has 20 heavy (non-hydrogen) atoms. The molecule has 0 amide bonds. The van der Waals surface area contributed by atoms with Gasteiger partial charge in [0, 0.05) is 6.08 Å². The molecule has 1 aromatic carbocycles. The highest BCUT2D eigenvalue weighted by atomic mass is 16.6. The lowest BCUT2D eigenvalue weighted by Gasteiger charge is -2.31. The summed E-state index contributed by atoms with van der Waals surface area (Å²) in [5.41, 5.74) is -0.730. The molecule has 0 aromatic heterocycles. The lowest BCUT2D eigenvalue weighted by Crippen LogP contribution is -2.43. The summed E-state index contributed by atoms with van der Waals surface area (Å²) in [6.45, 7) is 1.62. The number of carbonyl (C=O) groups is 1. The third-order valence-corrected chi connectivity index (χ3v) is 3.64. The Morgan fingerprint density at radius 1 is 1.40 bits per heavy atom. The maximum atomic E-state index is 11.2. The van der Waals surface area contributed by atoms with Crippen LogP contribution in [0.1, 0.15) is 18.9 Å². The van der Waals surface area contributed by atoms with Gasteiger partial charge in [0.25, 0.3) is 5.70 Å². The first-order valence-corrected chi connectivity index (χ1v) is 6.34. The fraction of sp³-hybridized carbons (Fsp3) is 0.267. The second-order valence-electron chi connectivity index (χ2n) is 4.71. The van der Waals surface area contributed by atoms with Crippen LogP contribution in [0.5, 0.6) is 0 Å². The third kappa shape index (κ3) is 2.28. The van der Waals surface area contributed by atoms with Gasteiger partial charge in [-0.3, -0.25) is 10.1 Å². The van der Waals surface area contributed by atoms with Gasteiger partial charge in [-0.2, -0.15) is 0 Å². The maximum absolute atomic E-state index is 11.2. The van der Waals surface area contributed by atoms with Crippen molar-refractivity contribution in [3.05, 3.63) is 63.9 Å². The van der Waals surface area contributed by atoms with Crippen LogP contribution in [0.4, 0.5) is 0 Å². The average molecular weight is 273 g/mol. The molecule has 104 valence electrons. The Morgan fingerprint density at radius 2 is 2.05 bits per heavy atom. The van der Waals surface area contributed by atoms with Crippen LogP contribution < -0.4 is 0 Å². The van der Waals surface area contributed by atoms with E-state index in [-0.39, 0.29) is 12.1 Å². The van der Waals surface area contributed by atoms with Gasteiger partial charge in [-0.25, -0.2) is 0 Å². The SMILES string of the molecule is CCC1(O)C([N+](=O)[O-])=CC(c2ccccc2)=CC1C=O. The Bertz CT molecular complexity index is 591. The fourth-order valence-corrected chi connectivity index (χ4v) is 2.41. The van der Waals surface area contributed by atoms with E-state index < -0.39 is 16.4 Å². The van der Waals surface area contributed by atoms with E-state index in [1.807, 2.05) is 18.2 Å².